The molecular weight excluding hydrogens is 359 g/mol. The normalized spacial score (nSPS) is 18.4. The number of hydrogen-bond acceptors (Lipinski definition) is 3. The molecule has 1 aliphatic heterocycles. The van der Waals surface area contributed by atoms with Crippen LogP contribution in [0.25, 0.3) is 10.1 Å². The number of benzene rings is 1. The molecule has 1 saturated heterocycles. The molecule has 1 aromatic heterocycles. The summed E-state index contributed by atoms with van der Waals surface area (Å²) in [5.41, 5.74) is 0.784. The van der Waals surface area contributed by atoms with Crippen molar-refractivity contribution in [2.45, 2.75) is 38.6 Å². The van der Waals surface area contributed by atoms with Crippen molar-refractivity contribution in [3.8, 4) is 0 Å². The van der Waals surface area contributed by atoms with E-state index in [2.05, 4.69) is 5.32 Å². The standard InChI is InChI=1S/C19H23FN2OS.ClH/c1-12-17-15(20)3-2-4-16(17)24-18(12)19(23)22-9-7-14(8-10-22)21-11-13-5-6-13;/h2-4,13-14,21H,5-11H2,1H3;1H. The highest BCUT2D eigenvalue weighted by Crippen LogP contribution is 2.34. The van der Waals surface area contributed by atoms with Gasteiger partial charge in [-0.3, -0.25) is 4.79 Å². The van der Waals surface area contributed by atoms with Gasteiger partial charge in [0.05, 0.1) is 4.88 Å². The fraction of sp³-hybridized carbons (Fsp3) is 0.526. The van der Waals surface area contributed by atoms with Gasteiger partial charge in [-0.1, -0.05) is 6.07 Å². The van der Waals surface area contributed by atoms with Crippen molar-refractivity contribution in [2.75, 3.05) is 19.6 Å². The Kier molecular flexibility index (Phi) is 5.66. The summed E-state index contributed by atoms with van der Waals surface area (Å²) >= 11 is 1.42. The van der Waals surface area contributed by atoms with Crippen LogP contribution in [0.3, 0.4) is 0 Å². The SMILES string of the molecule is Cc1c(C(=O)N2CCC(NCC3CC3)CC2)sc2cccc(F)c12.Cl. The minimum atomic E-state index is -0.233. The molecule has 3 nitrogen and oxygen atoms in total. The van der Waals surface area contributed by atoms with E-state index in [1.54, 1.807) is 6.07 Å². The third-order valence-corrected chi connectivity index (χ3v) is 6.52. The van der Waals surface area contributed by atoms with Crippen molar-refractivity contribution >= 4 is 39.7 Å². The van der Waals surface area contributed by atoms with E-state index < -0.39 is 0 Å². The van der Waals surface area contributed by atoms with Crippen LogP contribution in [0, 0.1) is 18.7 Å². The summed E-state index contributed by atoms with van der Waals surface area (Å²) in [6.07, 6.45) is 4.76. The van der Waals surface area contributed by atoms with Gasteiger partial charge in [0.1, 0.15) is 5.82 Å². The Bertz CT molecular complexity index is 766. The fourth-order valence-corrected chi connectivity index (χ4v) is 4.73. The molecule has 4 rings (SSSR count). The van der Waals surface area contributed by atoms with Crippen LogP contribution in [0.5, 0.6) is 0 Å². The van der Waals surface area contributed by atoms with Gasteiger partial charge in [0.25, 0.3) is 5.91 Å². The van der Waals surface area contributed by atoms with Crippen LogP contribution in [-0.2, 0) is 0 Å². The molecule has 1 amide bonds. The Morgan fingerprint density at radius 2 is 2.00 bits per heavy atom. The lowest BCUT2D eigenvalue weighted by molar-refractivity contribution is 0.0709. The molecule has 1 aromatic carbocycles. The summed E-state index contributed by atoms with van der Waals surface area (Å²) in [7, 11) is 0. The van der Waals surface area contributed by atoms with Crippen LogP contribution in [-0.4, -0.2) is 36.5 Å². The van der Waals surface area contributed by atoms with Crippen LogP contribution in [0.2, 0.25) is 0 Å². The molecule has 2 aromatic rings. The Balaban J connectivity index is 0.00000182. The molecule has 0 atom stereocenters. The Morgan fingerprint density at radius 3 is 2.64 bits per heavy atom. The number of likely N-dealkylation sites (tertiary alicyclic amines) is 1. The second-order valence-corrected chi connectivity index (χ2v) is 8.14. The van der Waals surface area contributed by atoms with E-state index in [1.807, 2.05) is 17.9 Å². The van der Waals surface area contributed by atoms with Gasteiger partial charge in [-0.15, -0.1) is 23.7 Å². The van der Waals surface area contributed by atoms with Crippen molar-refractivity contribution in [1.29, 1.82) is 0 Å². The van der Waals surface area contributed by atoms with E-state index in [9.17, 15) is 9.18 Å². The van der Waals surface area contributed by atoms with E-state index in [0.29, 0.717) is 16.3 Å². The van der Waals surface area contributed by atoms with Crippen molar-refractivity contribution in [3.63, 3.8) is 0 Å². The highest BCUT2D eigenvalue weighted by Gasteiger charge is 2.28. The summed E-state index contributed by atoms with van der Waals surface area (Å²) < 4.78 is 14.9. The Labute approximate surface area is 158 Å². The fourth-order valence-electron chi connectivity index (χ4n) is 3.54. The number of thiophene rings is 1. The second-order valence-electron chi connectivity index (χ2n) is 7.09. The quantitative estimate of drug-likeness (QED) is 0.851. The lowest BCUT2D eigenvalue weighted by Gasteiger charge is -2.32. The number of halogens is 2. The number of carbonyl (C=O) groups is 1. The molecule has 1 aliphatic carbocycles. The molecule has 2 aliphatic rings. The smallest absolute Gasteiger partial charge is 0.264 e. The van der Waals surface area contributed by atoms with Crippen molar-refractivity contribution < 1.29 is 9.18 Å². The first-order chi connectivity index (χ1) is 11.6. The minimum Gasteiger partial charge on any atom is -0.338 e. The van der Waals surface area contributed by atoms with E-state index in [-0.39, 0.29) is 24.1 Å². The maximum atomic E-state index is 14.0. The number of amides is 1. The predicted octanol–water partition coefficient (Wildman–Crippen LogP) is 4.37. The molecule has 25 heavy (non-hydrogen) atoms. The second kappa shape index (κ2) is 7.60. The maximum absolute atomic E-state index is 14.0. The molecule has 2 fully saturated rings. The summed E-state index contributed by atoms with van der Waals surface area (Å²) in [4.78, 5) is 15.5. The number of piperidine rings is 1. The van der Waals surface area contributed by atoms with E-state index >= 15 is 0 Å². The van der Waals surface area contributed by atoms with Gasteiger partial charge in [-0.05, 0) is 62.8 Å². The lowest BCUT2D eigenvalue weighted by Crippen LogP contribution is -2.45. The van der Waals surface area contributed by atoms with Crippen molar-refractivity contribution in [3.05, 3.63) is 34.5 Å². The Hall–Kier alpha value is -1.17. The third kappa shape index (κ3) is 3.83. The molecule has 2 heterocycles. The Morgan fingerprint density at radius 1 is 1.28 bits per heavy atom. The van der Waals surface area contributed by atoms with Gasteiger partial charge in [0.2, 0.25) is 0 Å². The number of nitrogens with zero attached hydrogens (tertiary/aromatic N) is 1. The number of hydrogen-bond donors (Lipinski definition) is 1. The van der Waals surface area contributed by atoms with Crippen LogP contribution in [0.1, 0.15) is 40.9 Å². The van der Waals surface area contributed by atoms with Crippen molar-refractivity contribution in [1.82, 2.24) is 10.2 Å². The largest absolute Gasteiger partial charge is 0.338 e. The number of carbonyl (C=O) groups excluding carboxylic acids is 1. The summed E-state index contributed by atoms with van der Waals surface area (Å²) in [6.45, 7) is 4.57. The van der Waals surface area contributed by atoms with E-state index in [4.69, 9.17) is 0 Å². The zero-order chi connectivity index (χ0) is 16.7. The van der Waals surface area contributed by atoms with Crippen LogP contribution >= 0.6 is 23.7 Å². The first kappa shape index (κ1) is 18.6. The third-order valence-electron chi connectivity index (χ3n) is 5.27. The summed E-state index contributed by atoms with van der Waals surface area (Å²) in [6, 6.07) is 5.60. The predicted molar refractivity (Wildman–Crippen MR) is 103 cm³/mol. The minimum absolute atomic E-state index is 0. The van der Waals surface area contributed by atoms with Crippen LogP contribution < -0.4 is 5.32 Å². The zero-order valence-corrected chi connectivity index (χ0v) is 16.0. The molecule has 0 unspecified atom stereocenters. The number of fused-ring (bicyclic) bond motifs is 1. The number of nitrogens with one attached hydrogen (secondary N) is 1. The molecule has 0 bridgehead atoms. The topological polar surface area (TPSA) is 32.3 Å². The lowest BCUT2D eigenvalue weighted by atomic mass is 10.0. The van der Waals surface area contributed by atoms with Gasteiger partial charge in [-0.25, -0.2) is 4.39 Å². The average Bonchev–Trinajstić information content (AvgIpc) is 3.36. The van der Waals surface area contributed by atoms with Gasteiger partial charge in [0.15, 0.2) is 0 Å². The average molecular weight is 383 g/mol. The first-order valence-corrected chi connectivity index (χ1v) is 9.65. The zero-order valence-electron chi connectivity index (χ0n) is 14.4. The maximum Gasteiger partial charge on any atom is 0.264 e. The molecule has 6 heteroatoms. The molecule has 136 valence electrons. The highest BCUT2D eigenvalue weighted by atomic mass is 35.5. The summed E-state index contributed by atoms with van der Waals surface area (Å²) in [5.74, 6) is 0.720. The van der Waals surface area contributed by atoms with Crippen molar-refractivity contribution in [2.24, 2.45) is 5.92 Å². The molecule has 0 spiro atoms. The summed E-state index contributed by atoms with van der Waals surface area (Å²) in [5, 5.41) is 4.24. The van der Waals surface area contributed by atoms with Crippen LogP contribution in [0.4, 0.5) is 4.39 Å². The van der Waals surface area contributed by atoms with Gasteiger partial charge in [0, 0.05) is 29.2 Å². The first-order valence-electron chi connectivity index (χ1n) is 8.83. The van der Waals surface area contributed by atoms with E-state index in [1.165, 1.54) is 30.2 Å². The molecule has 1 N–H and O–H groups in total. The van der Waals surface area contributed by atoms with Gasteiger partial charge < -0.3 is 10.2 Å². The van der Waals surface area contributed by atoms with E-state index in [0.717, 1.165) is 48.7 Å². The highest BCUT2D eigenvalue weighted by molar-refractivity contribution is 7.21. The molecule has 0 radical (unpaired) electrons. The van der Waals surface area contributed by atoms with Gasteiger partial charge in [-0.2, -0.15) is 0 Å². The monoisotopic (exact) mass is 382 g/mol. The number of rotatable bonds is 4. The number of aryl methyl sites for hydroxylation is 1. The van der Waals surface area contributed by atoms with Crippen LogP contribution in [0.15, 0.2) is 18.2 Å². The molecular formula is C19H24ClFN2OS. The van der Waals surface area contributed by atoms with Gasteiger partial charge >= 0.3 is 0 Å². The molecule has 1 saturated carbocycles.